The minimum absolute atomic E-state index is 0.0354. The second-order valence-electron chi connectivity index (χ2n) is 8.44. The third-order valence-corrected chi connectivity index (χ3v) is 5.44. The number of rotatable bonds is 8. The fraction of sp³-hybridized carbons (Fsp3) is 0.370. The van der Waals surface area contributed by atoms with Crippen LogP contribution in [0.5, 0.6) is 11.5 Å². The molecule has 0 saturated carbocycles. The number of phenolic OH excluding ortho intramolecular Hbond substituents is 1. The molecule has 1 aromatic carbocycles. The van der Waals surface area contributed by atoms with Crippen molar-refractivity contribution in [3.8, 4) is 11.5 Å². The summed E-state index contributed by atoms with van der Waals surface area (Å²) in [6.45, 7) is 8.74. The SMILES string of the molecule is COc1cccc(O)c1C(=O)OC/C=C(C)/C=C/C=C(C)/C=C/C1=CCCCC1(C)C. The van der Waals surface area contributed by atoms with Gasteiger partial charge in [-0.1, -0.05) is 67.5 Å². The molecule has 0 fully saturated rings. The smallest absolute Gasteiger partial charge is 0.346 e. The molecule has 0 aliphatic heterocycles. The average molecular weight is 423 g/mol. The summed E-state index contributed by atoms with van der Waals surface area (Å²) in [6, 6.07) is 4.64. The number of benzene rings is 1. The quantitative estimate of drug-likeness (QED) is 0.374. The van der Waals surface area contributed by atoms with E-state index in [-0.39, 0.29) is 29.1 Å². The minimum Gasteiger partial charge on any atom is -0.507 e. The fourth-order valence-electron chi connectivity index (χ4n) is 3.43. The lowest BCUT2D eigenvalue weighted by atomic mass is 9.75. The van der Waals surface area contributed by atoms with E-state index in [0.717, 1.165) is 12.0 Å². The highest BCUT2D eigenvalue weighted by atomic mass is 16.5. The van der Waals surface area contributed by atoms with Crippen molar-refractivity contribution >= 4 is 5.97 Å². The van der Waals surface area contributed by atoms with Crippen LogP contribution in [0.2, 0.25) is 0 Å². The maximum atomic E-state index is 12.2. The Morgan fingerprint density at radius 1 is 1.19 bits per heavy atom. The van der Waals surface area contributed by atoms with Crippen molar-refractivity contribution < 1.29 is 19.4 Å². The highest BCUT2D eigenvalue weighted by Crippen LogP contribution is 2.37. The zero-order chi connectivity index (χ0) is 22.9. The number of allylic oxidation sites excluding steroid dienone is 9. The molecule has 0 radical (unpaired) electrons. The molecule has 0 heterocycles. The first-order chi connectivity index (χ1) is 14.7. The van der Waals surface area contributed by atoms with E-state index in [1.807, 2.05) is 25.2 Å². The van der Waals surface area contributed by atoms with Gasteiger partial charge in [-0.2, -0.15) is 0 Å². The molecule has 0 amide bonds. The third-order valence-electron chi connectivity index (χ3n) is 5.44. The zero-order valence-electron chi connectivity index (χ0n) is 19.3. The van der Waals surface area contributed by atoms with Gasteiger partial charge in [-0.15, -0.1) is 0 Å². The molecule has 0 atom stereocenters. The molecule has 0 bridgehead atoms. The van der Waals surface area contributed by atoms with Crippen LogP contribution in [0.4, 0.5) is 0 Å². The lowest BCUT2D eigenvalue weighted by molar-refractivity contribution is 0.0542. The number of carbonyl (C=O) groups excluding carboxylic acids is 1. The summed E-state index contributed by atoms with van der Waals surface area (Å²) in [5.41, 5.74) is 3.84. The molecule has 4 heteroatoms. The Bertz CT molecular complexity index is 927. The number of esters is 1. The topological polar surface area (TPSA) is 55.8 Å². The summed E-state index contributed by atoms with van der Waals surface area (Å²) in [5, 5.41) is 9.90. The molecule has 1 N–H and O–H groups in total. The van der Waals surface area contributed by atoms with Crippen LogP contribution >= 0.6 is 0 Å². The van der Waals surface area contributed by atoms with E-state index >= 15 is 0 Å². The zero-order valence-corrected chi connectivity index (χ0v) is 19.3. The van der Waals surface area contributed by atoms with Crippen LogP contribution in [0, 0.1) is 5.41 Å². The van der Waals surface area contributed by atoms with Gasteiger partial charge in [0.1, 0.15) is 23.7 Å². The summed E-state index contributed by atoms with van der Waals surface area (Å²) in [6.07, 6.45) is 18.2. The van der Waals surface area contributed by atoms with Crippen LogP contribution in [-0.4, -0.2) is 24.8 Å². The fourth-order valence-corrected chi connectivity index (χ4v) is 3.43. The summed E-state index contributed by atoms with van der Waals surface area (Å²) in [5.74, 6) is -0.499. The number of phenols is 1. The van der Waals surface area contributed by atoms with Gasteiger partial charge in [0.15, 0.2) is 0 Å². The molecule has 0 spiro atoms. The van der Waals surface area contributed by atoms with Crippen molar-refractivity contribution in [2.75, 3.05) is 13.7 Å². The van der Waals surface area contributed by atoms with E-state index in [0.29, 0.717) is 0 Å². The van der Waals surface area contributed by atoms with Gasteiger partial charge in [0.25, 0.3) is 0 Å². The lowest BCUT2D eigenvalue weighted by Crippen LogP contribution is -2.16. The van der Waals surface area contributed by atoms with Crippen LogP contribution in [0.3, 0.4) is 0 Å². The molecule has 1 aromatic rings. The van der Waals surface area contributed by atoms with E-state index in [9.17, 15) is 9.90 Å². The summed E-state index contributed by atoms with van der Waals surface area (Å²) >= 11 is 0. The Labute approximate surface area is 186 Å². The lowest BCUT2D eigenvalue weighted by Gasteiger charge is -2.30. The Morgan fingerprint density at radius 3 is 2.68 bits per heavy atom. The Hall–Kier alpha value is -3.01. The normalized spacial score (nSPS) is 17.1. The van der Waals surface area contributed by atoms with Crippen molar-refractivity contribution in [2.24, 2.45) is 5.41 Å². The molecule has 4 nitrogen and oxygen atoms in total. The molecule has 1 aliphatic carbocycles. The molecule has 166 valence electrons. The van der Waals surface area contributed by atoms with E-state index in [2.05, 4.69) is 45.1 Å². The largest absolute Gasteiger partial charge is 0.507 e. The summed E-state index contributed by atoms with van der Waals surface area (Å²) in [7, 11) is 1.44. The second-order valence-corrected chi connectivity index (χ2v) is 8.44. The monoisotopic (exact) mass is 422 g/mol. The molecular weight excluding hydrogens is 388 g/mol. The van der Waals surface area contributed by atoms with Gasteiger partial charge in [0.2, 0.25) is 0 Å². The van der Waals surface area contributed by atoms with Gasteiger partial charge < -0.3 is 14.6 Å². The second kappa shape index (κ2) is 11.4. The van der Waals surface area contributed by atoms with Crippen molar-refractivity contribution in [1.29, 1.82) is 0 Å². The summed E-state index contributed by atoms with van der Waals surface area (Å²) in [4.78, 5) is 12.2. The van der Waals surface area contributed by atoms with E-state index < -0.39 is 5.97 Å². The van der Waals surface area contributed by atoms with E-state index in [1.54, 1.807) is 12.1 Å². The first kappa shape index (κ1) is 24.3. The number of carbonyl (C=O) groups is 1. The van der Waals surface area contributed by atoms with Crippen LogP contribution in [-0.2, 0) is 4.74 Å². The first-order valence-electron chi connectivity index (χ1n) is 10.7. The van der Waals surface area contributed by atoms with Gasteiger partial charge >= 0.3 is 5.97 Å². The Kier molecular flexibility index (Phi) is 8.92. The van der Waals surface area contributed by atoms with Gasteiger partial charge in [-0.05, 0) is 62.3 Å². The standard InChI is InChI=1S/C27H34O4/c1-20(15-16-22-12-6-7-18-27(22,3)4)10-8-11-21(2)17-19-31-26(29)25-23(28)13-9-14-24(25)30-5/h8-17,28H,6-7,18-19H2,1-5H3/b11-8+,16-15+,20-10+,21-17+. The molecule has 31 heavy (non-hydrogen) atoms. The molecule has 2 rings (SSSR count). The maximum Gasteiger partial charge on any atom is 0.346 e. The highest BCUT2D eigenvalue weighted by molar-refractivity contribution is 5.95. The third kappa shape index (κ3) is 7.32. The molecule has 0 saturated heterocycles. The number of hydrogen-bond acceptors (Lipinski definition) is 4. The van der Waals surface area contributed by atoms with E-state index in [4.69, 9.17) is 9.47 Å². The number of hydrogen-bond donors (Lipinski definition) is 1. The highest BCUT2D eigenvalue weighted by Gasteiger charge is 2.23. The number of aromatic hydroxyl groups is 1. The van der Waals surface area contributed by atoms with Crippen molar-refractivity contribution in [3.63, 3.8) is 0 Å². The van der Waals surface area contributed by atoms with Gasteiger partial charge in [-0.25, -0.2) is 4.79 Å². The predicted octanol–water partition coefficient (Wildman–Crippen LogP) is 6.70. The predicted molar refractivity (Wildman–Crippen MR) is 126 cm³/mol. The summed E-state index contributed by atoms with van der Waals surface area (Å²) < 4.78 is 10.4. The van der Waals surface area contributed by atoms with Crippen LogP contribution in [0.1, 0.15) is 57.3 Å². The molecule has 0 aromatic heterocycles. The minimum atomic E-state index is -0.621. The van der Waals surface area contributed by atoms with Gasteiger partial charge in [0, 0.05) is 0 Å². The molecule has 0 unspecified atom stereocenters. The molecule has 1 aliphatic rings. The average Bonchev–Trinajstić information content (AvgIpc) is 2.72. The van der Waals surface area contributed by atoms with Gasteiger partial charge in [-0.3, -0.25) is 0 Å². The van der Waals surface area contributed by atoms with Crippen LogP contribution < -0.4 is 4.74 Å². The number of ether oxygens (including phenoxy) is 2. The van der Waals surface area contributed by atoms with Crippen LogP contribution in [0.25, 0.3) is 0 Å². The van der Waals surface area contributed by atoms with E-state index in [1.165, 1.54) is 37.2 Å². The van der Waals surface area contributed by atoms with Crippen molar-refractivity contribution in [2.45, 2.75) is 47.0 Å². The maximum absolute atomic E-state index is 12.2. The number of methoxy groups -OCH3 is 1. The first-order valence-corrected chi connectivity index (χ1v) is 10.7. The van der Waals surface area contributed by atoms with Crippen LogP contribution in [0.15, 0.2) is 77.5 Å². The molecular formula is C27H34O4. The Morgan fingerprint density at radius 2 is 1.97 bits per heavy atom. The van der Waals surface area contributed by atoms with Crippen molar-refractivity contribution in [1.82, 2.24) is 0 Å². The Balaban J connectivity index is 1.90. The van der Waals surface area contributed by atoms with Gasteiger partial charge in [0.05, 0.1) is 7.11 Å². The van der Waals surface area contributed by atoms with Crippen molar-refractivity contribution in [3.05, 3.63) is 83.0 Å².